The van der Waals surface area contributed by atoms with Crippen LogP contribution in [0.5, 0.6) is 0 Å². The quantitative estimate of drug-likeness (QED) is 0.563. The number of nitrogens with zero attached hydrogens (tertiary/aromatic N) is 4. The SMILES string of the molecule is c1ccc(-c2cc3c(-n4ccnc4)ncnc3s2)cc1. The van der Waals surface area contributed by atoms with Gasteiger partial charge in [0.1, 0.15) is 23.3 Å². The van der Waals surface area contributed by atoms with E-state index in [4.69, 9.17) is 0 Å². The minimum absolute atomic E-state index is 0.867. The van der Waals surface area contributed by atoms with Crippen LogP contribution in [0, 0.1) is 0 Å². The van der Waals surface area contributed by atoms with Crippen molar-refractivity contribution in [2.24, 2.45) is 0 Å². The van der Waals surface area contributed by atoms with E-state index in [1.165, 1.54) is 10.4 Å². The summed E-state index contributed by atoms with van der Waals surface area (Å²) in [6, 6.07) is 12.5. The summed E-state index contributed by atoms with van der Waals surface area (Å²) in [6.45, 7) is 0. The lowest BCUT2D eigenvalue weighted by atomic mass is 10.2. The number of rotatable bonds is 2. The van der Waals surface area contributed by atoms with Crippen molar-refractivity contribution in [1.82, 2.24) is 19.5 Å². The van der Waals surface area contributed by atoms with Gasteiger partial charge in [-0.3, -0.25) is 4.57 Å². The zero-order valence-electron chi connectivity index (χ0n) is 10.5. The van der Waals surface area contributed by atoms with E-state index in [1.54, 1.807) is 30.2 Å². The van der Waals surface area contributed by atoms with E-state index in [1.807, 2.05) is 29.0 Å². The lowest BCUT2D eigenvalue weighted by molar-refractivity contribution is 0.995. The molecule has 0 radical (unpaired) electrons. The molecule has 5 heteroatoms. The molecule has 0 bridgehead atoms. The maximum absolute atomic E-state index is 4.37. The summed E-state index contributed by atoms with van der Waals surface area (Å²) in [7, 11) is 0. The Morgan fingerprint density at radius 2 is 1.95 bits per heavy atom. The van der Waals surface area contributed by atoms with Crippen molar-refractivity contribution in [2.45, 2.75) is 0 Å². The fourth-order valence-corrected chi connectivity index (χ4v) is 3.18. The molecule has 0 unspecified atom stereocenters. The van der Waals surface area contributed by atoms with Gasteiger partial charge in [-0.1, -0.05) is 30.3 Å². The lowest BCUT2D eigenvalue weighted by Crippen LogP contribution is -1.94. The van der Waals surface area contributed by atoms with E-state index < -0.39 is 0 Å². The molecule has 0 aliphatic carbocycles. The van der Waals surface area contributed by atoms with Crippen LogP contribution in [0.25, 0.3) is 26.5 Å². The zero-order valence-corrected chi connectivity index (χ0v) is 11.3. The molecule has 0 aliphatic rings. The molecule has 0 N–H and O–H groups in total. The van der Waals surface area contributed by atoms with E-state index in [2.05, 4.69) is 33.2 Å². The molecule has 3 heterocycles. The van der Waals surface area contributed by atoms with Gasteiger partial charge in [0, 0.05) is 17.3 Å². The van der Waals surface area contributed by atoms with Gasteiger partial charge in [-0.2, -0.15) is 0 Å². The Kier molecular flexibility index (Phi) is 2.57. The molecule has 0 saturated heterocycles. The first-order valence-electron chi connectivity index (χ1n) is 6.20. The molecule has 1 aromatic carbocycles. The fraction of sp³-hybridized carbons (Fsp3) is 0. The molecule has 4 aromatic rings. The monoisotopic (exact) mass is 278 g/mol. The maximum Gasteiger partial charge on any atom is 0.150 e. The second-order valence-electron chi connectivity index (χ2n) is 4.36. The summed E-state index contributed by atoms with van der Waals surface area (Å²) in [6.07, 6.45) is 6.99. The van der Waals surface area contributed by atoms with Crippen molar-refractivity contribution in [2.75, 3.05) is 0 Å². The van der Waals surface area contributed by atoms with Crippen LogP contribution < -0.4 is 0 Å². The van der Waals surface area contributed by atoms with Gasteiger partial charge in [0.2, 0.25) is 0 Å². The molecule has 0 fully saturated rings. The smallest absolute Gasteiger partial charge is 0.150 e. The number of fused-ring (bicyclic) bond motifs is 1. The highest BCUT2D eigenvalue weighted by Gasteiger charge is 2.10. The van der Waals surface area contributed by atoms with Crippen LogP contribution in [0.2, 0.25) is 0 Å². The summed E-state index contributed by atoms with van der Waals surface area (Å²) in [5.41, 5.74) is 1.20. The molecule has 20 heavy (non-hydrogen) atoms. The Hall–Kier alpha value is -2.53. The third-order valence-electron chi connectivity index (χ3n) is 3.12. The Balaban J connectivity index is 1.94. The fourth-order valence-electron chi connectivity index (χ4n) is 2.18. The number of benzene rings is 1. The minimum atomic E-state index is 0.867. The van der Waals surface area contributed by atoms with Gasteiger partial charge in [-0.25, -0.2) is 15.0 Å². The number of hydrogen-bond donors (Lipinski definition) is 0. The molecule has 4 rings (SSSR count). The van der Waals surface area contributed by atoms with Gasteiger partial charge in [-0.15, -0.1) is 11.3 Å². The van der Waals surface area contributed by atoms with E-state index in [0.717, 1.165) is 16.0 Å². The van der Waals surface area contributed by atoms with Crippen LogP contribution in [-0.4, -0.2) is 19.5 Å². The molecule has 0 atom stereocenters. The predicted octanol–water partition coefficient (Wildman–Crippen LogP) is 3.54. The predicted molar refractivity (Wildman–Crippen MR) is 80.0 cm³/mol. The summed E-state index contributed by atoms with van der Waals surface area (Å²) >= 11 is 1.68. The Morgan fingerprint density at radius 1 is 1.05 bits per heavy atom. The normalized spacial score (nSPS) is 11.0. The molecule has 3 aromatic heterocycles. The largest absolute Gasteiger partial charge is 0.290 e. The minimum Gasteiger partial charge on any atom is -0.290 e. The highest BCUT2D eigenvalue weighted by molar-refractivity contribution is 7.21. The highest BCUT2D eigenvalue weighted by atomic mass is 32.1. The Morgan fingerprint density at radius 3 is 2.75 bits per heavy atom. The van der Waals surface area contributed by atoms with Gasteiger partial charge in [0.15, 0.2) is 0 Å². The summed E-state index contributed by atoms with van der Waals surface area (Å²) < 4.78 is 1.91. The second kappa shape index (κ2) is 4.54. The van der Waals surface area contributed by atoms with E-state index in [9.17, 15) is 0 Å². The van der Waals surface area contributed by atoms with Gasteiger partial charge < -0.3 is 0 Å². The number of thiophene rings is 1. The number of hydrogen-bond acceptors (Lipinski definition) is 4. The van der Waals surface area contributed by atoms with Crippen LogP contribution in [0.3, 0.4) is 0 Å². The van der Waals surface area contributed by atoms with E-state index >= 15 is 0 Å². The van der Waals surface area contributed by atoms with Crippen molar-refractivity contribution in [1.29, 1.82) is 0 Å². The van der Waals surface area contributed by atoms with Crippen LogP contribution in [0.15, 0.2) is 61.4 Å². The molecule has 0 aliphatic heterocycles. The van der Waals surface area contributed by atoms with Gasteiger partial charge in [-0.05, 0) is 11.6 Å². The van der Waals surface area contributed by atoms with Gasteiger partial charge in [0.25, 0.3) is 0 Å². The van der Waals surface area contributed by atoms with Crippen LogP contribution in [0.4, 0.5) is 0 Å². The Bertz CT molecular complexity index is 850. The van der Waals surface area contributed by atoms with Crippen LogP contribution in [-0.2, 0) is 0 Å². The first kappa shape index (κ1) is 11.3. The molecular weight excluding hydrogens is 268 g/mol. The van der Waals surface area contributed by atoms with E-state index in [0.29, 0.717) is 0 Å². The average molecular weight is 278 g/mol. The first-order valence-corrected chi connectivity index (χ1v) is 7.02. The van der Waals surface area contributed by atoms with Gasteiger partial charge in [0.05, 0.1) is 5.39 Å². The van der Waals surface area contributed by atoms with Crippen molar-refractivity contribution in [3.8, 4) is 16.3 Å². The lowest BCUT2D eigenvalue weighted by Gasteiger charge is -2.00. The average Bonchev–Trinajstić information content (AvgIpc) is 3.17. The van der Waals surface area contributed by atoms with Crippen LogP contribution >= 0.6 is 11.3 Å². The number of aromatic nitrogens is 4. The molecule has 96 valence electrons. The highest BCUT2D eigenvalue weighted by Crippen LogP contribution is 2.34. The van der Waals surface area contributed by atoms with E-state index in [-0.39, 0.29) is 0 Å². The topological polar surface area (TPSA) is 43.6 Å². The van der Waals surface area contributed by atoms with Crippen molar-refractivity contribution in [3.63, 3.8) is 0 Å². The van der Waals surface area contributed by atoms with Crippen molar-refractivity contribution >= 4 is 21.6 Å². The molecular formula is C15H10N4S. The number of imidazole rings is 1. The zero-order chi connectivity index (χ0) is 13.4. The van der Waals surface area contributed by atoms with Crippen molar-refractivity contribution in [3.05, 3.63) is 61.4 Å². The summed E-state index contributed by atoms with van der Waals surface area (Å²) in [4.78, 5) is 15.0. The standard InChI is InChI=1S/C15H10N4S/c1-2-4-11(5-3-1)13-8-12-14(19-7-6-16-10-19)17-9-18-15(12)20-13/h1-10H. The Labute approximate surface area is 119 Å². The third kappa shape index (κ3) is 1.80. The van der Waals surface area contributed by atoms with Gasteiger partial charge >= 0.3 is 0 Å². The summed E-state index contributed by atoms with van der Waals surface area (Å²) in [5.74, 6) is 0.867. The molecule has 0 amide bonds. The first-order chi connectivity index (χ1) is 9.92. The van der Waals surface area contributed by atoms with Crippen LogP contribution in [0.1, 0.15) is 0 Å². The summed E-state index contributed by atoms with van der Waals surface area (Å²) in [5, 5.41) is 1.05. The molecule has 4 nitrogen and oxygen atoms in total. The molecule has 0 spiro atoms. The maximum atomic E-state index is 4.37. The van der Waals surface area contributed by atoms with Crippen molar-refractivity contribution < 1.29 is 0 Å². The molecule has 0 saturated carbocycles. The second-order valence-corrected chi connectivity index (χ2v) is 5.39. The third-order valence-corrected chi connectivity index (χ3v) is 4.21.